The molecule has 2 aromatic carbocycles. The molecule has 5 heteroatoms. The maximum absolute atomic E-state index is 11.9. The molecule has 0 bridgehead atoms. The van der Waals surface area contributed by atoms with Crippen LogP contribution in [0.3, 0.4) is 0 Å². The second kappa shape index (κ2) is 7.04. The van der Waals surface area contributed by atoms with Crippen molar-refractivity contribution in [3.05, 3.63) is 63.6 Å². The number of hydrogen-bond donors (Lipinski definition) is 1. The summed E-state index contributed by atoms with van der Waals surface area (Å²) >= 11 is 3.39. The fourth-order valence-corrected chi connectivity index (χ4v) is 2.11. The van der Waals surface area contributed by atoms with Gasteiger partial charge in [0.2, 0.25) is 0 Å². The highest BCUT2D eigenvalue weighted by atomic mass is 79.9. The summed E-state index contributed by atoms with van der Waals surface area (Å²) in [6, 6.07) is 12.9. The first-order chi connectivity index (χ1) is 10.1. The van der Waals surface area contributed by atoms with Crippen LogP contribution in [-0.4, -0.2) is 19.2 Å². The maximum atomic E-state index is 11.9. The molecule has 0 fully saturated rings. The lowest BCUT2D eigenvalue weighted by Crippen LogP contribution is -2.17. The van der Waals surface area contributed by atoms with Gasteiger partial charge in [-0.05, 0) is 37.3 Å². The quantitative estimate of drug-likeness (QED) is 0.680. The molecule has 0 unspecified atom stereocenters. The minimum atomic E-state index is -0.250. The van der Waals surface area contributed by atoms with Crippen molar-refractivity contribution in [2.75, 3.05) is 7.11 Å². The van der Waals surface area contributed by atoms with Crippen LogP contribution in [0.2, 0.25) is 0 Å². The Balaban J connectivity index is 2.07. The number of hydrazone groups is 1. The van der Waals surface area contributed by atoms with E-state index in [0.29, 0.717) is 11.3 Å². The summed E-state index contributed by atoms with van der Waals surface area (Å²) in [5.74, 6) is 0.437. The lowest BCUT2D eigenvalue weighted by molar-refractivity contribution is 0.0955. The molecule has 108 valence electrons. The van der Waals surface area contributed by atoms with Gasteiger partial charge in [-0.25, -0.2) is 5.43 Å². The van der Waals surface area contributed by atoms with Gasteiger partial charge in [-0.1, -0.05) is 33.6 Å². The number of nitrogens with zero attached hydrogens (tertiary/aromatic N) is 1. The van der Waals surface area contributed by atoms with Crippen LogP contribution >= 0.6 is 15.9 Å². The largest absolute Gasteiger partial charge is 0.496 e. The van der Waals surface area contributed by atoms with Crippen LogP contribution < -0.4 is 10.2 Å². The van der Waals surface area contributed by atoms with E-state index in [0.717, 1.165) is 15.6 Å². The molecule has 1 amide bonds. The lowest BCUT2D eigenvalue weighted by Gasteiger charge is -2.04. The monoisotopic (exact) mass is 346 g/mol. The zero-order valence-corrected chi connectivity index (χ0v) is 13.3. The number of halogens is 1. The molecule has 21 heavy (non-hydrogen) atoms. The smallest absolute Gasteiger partial charge is 0.271 e. The Hall–Kier alpha value is -2.14. The fourth-order valence-electron chi connectivity index (χ4n) is 1.74. The zero-order chi connectivity index (χ0) is 15.2. The number of methoxy groups -OCH3 is 1. The Bertz CT molecular complexity index is 666. The average molecular weight is 347 g/mol. The molecule has 0 radical (unpaired) electrons. The second-order valence-corrected chi connectivity index (χ2v) is 5.37. The van der Waals surface area contributed by atoms with E-state index in [1.807, 2.05) is 37.3 Å². The molecule has 0 atom stereocenters. The van der Waals surface area contributed by atoms with E-state index in [9.17, 15) is 4.79 Å². The van der Waals surface area contributed by atoms with E-state index in [1.54, 1.807) is 25.5 Å². The number of rotatable bonds is 4. The number of ether oxygens (including phenoxy) is 1. The van der Waals surface area contributed by atoms with Crippen LogP contribution in [0.4, 0.5) is 0 Å². The van der Waals surface area contributed by atoms with E-state index in [4.69, 9.17) is 4.74 Å². The molecule has 0 heterocycles. The molecule has 0 saturated carbocycles. The number of aryl methyl sites for hydroxylation is 1. The van der Waals surface area contributed by atoms with Crippen LogP contribution in [0.15, 0.2) is 52.0 Å². The SMILES string of the molecule is COc1ccc(Br)cc1C=NNC(=O)c1ccc(C)cc1. The van der Waals surface area contributed by atoms with Gasteiger partial charge in [0.25, 0.3) is 5.91 Å². The predicted molar refractivity (Wildman–Crippen MR) is 86.9 cm³/mol. The normalized spacial score (nSPS) is 10.6. The van der Waals surface area contributed by atoms with Gasteiger partial charge in [-0.15, -0.1) is 0 Å². The van der Waals surface area contributed by atoms with E-state index in [-0.39, 0.29) is 5.91 Å². The number of nitrogens with one attached hydrogen (secondary N) is 1. The van der Waals surface area contributed by atoms with Gasteiger partial charge in [0.15, 0.2) is 0 Å². The molecule has 0 aliphatic carbocycles. The van der Waals surface area contributed by atoms with Gasteiger partial charge >= 0.3 is 0 Å². The van der Waals surface area contributed by atoms with Crippen molar-refractivity contribution < 1.29 is 9.53 Å². The van der Waals surface area contributed by atoms with Gasteiger partial charge in [0.05, 0.1) is 13.3 Å². The molecule has 0 aromatic heterocycles. The van der Waals surface area contributed by atoms with Gasteiger partial charge in [-0.2, -0.15) is 5.10 Å². The molecule has 0 saturated heterocycles. The minimum Gasteiger partial charge on any atom is -0.496 e. The number of benzene rings is 2. The van der Waals surface area contributed by atoms with Crippen molar-refractivity contribution in [3.8, 4) is 5.75 Å². The highest BCUT2D eigenvalue weighted by molar-refractivity contribution is 9.10. The van der Waals surface area contributed by atoms with Crippen LogP contribution in [0.25, 0.3) is 0 Å². The van der Waals surface area contributed by atoms with Gasteiger partial charge < -0.3 is 4.74 Å². The van der Waals surface area contributed by atoms with Crippen molar-refractivity contribution in [2.45, 2.75) is 6.92 Å². The van der Waals surface area contributed by atoms with E-state index in [2.05, 4.69) is 26.5 Å². The highest BCUT2D eigenvalue weighted by Gasteiger charge is 2.04. The van der Waals surface area contributed by atoms with E-state index < -0.39 is 0 Å². The van der Waals surface area contributed by atoms with Crippen LogP contribution in [0.5, 0.6) is 5.75 Å². The molecule has 4 nitrogen and oxygen atoms in total. The first-order valence-corrected chi connectivity index (χ1v) is 7.13. The van der Waals surface area contributed by atoms with Gasteiger partial charge in [0.1, 0.15) is 5.75 Å². The maximum Gasteiger partial charge on any atom is 0.271 e. The summed E-state index contributed by atoms with van der Waals surface area (Å²) < 4.78 is 6.14. The van der Waals surface area contributed by atoms with E-state index >= 15 is 0 Å². The summed E-state index contributed by atoms with van der Waals surface area (Å²) in [4.78, 5) is 11.9. The van der Waals surface area contributed by atoms with Crippen LogP contribution in [-0.2, 0) is 0 Å². The Kier molecular flexibility index (Phi) is 5.11. The average Bonchev–Trinajstić information content (AvgIpc) is 2.48. The van der Waals surface area contributed by atoms with Crippen molar-refractivity contribution in [1.29, 1.82) is 0 Å². The molecule has 1 N–H and O–H groups in total. The minimum absolute atomic E-state index is 0.250. The Labute approximate surface area is 132 Å². The molecule has 0 aliphatic rings. The lowest BCUT2D eigenvalue weighted by atomic mass is 10.1. The molecule has 0 aliphatic heterocycles. The van der Waals surface area contributed by atoms with Crippen molar-refractivity contribution in [1.82, 2.24) is 5.43 Å². The Morgan fingerprint density at radius 2 is 1.95 bits per heavy atom. The molecule has 0 spiro atoms. The third-order valence-electron chi connectivity index (χ3n) is 2.88. The molecule has 2 rings (SSSR count). The summed E-state index contributed by atoms with van der Waals surface area (Å²) in [6.07, 6.45) is 1.55. The Morgan fingerprint density at radius 1 is 1.24 bits per heavy atom. The fraction of sp³-hybridized carbons (Fsp3) is 0.125. The van der Waals surface area contributed by atoms with Gasteiger partial charge in [-0.3, -0.25) is 4.79 Å². The zero-order valence-electron chi connectivity index (χ0n) is 11.8. The molecular formula is C16H15BrN2O2. The number of carbonyl (C=O) groups excluding carboxylic acids is 1. The third-order valence-corrected chi connectivity index (χ3v) is 3.37. The van der Waals surface area contributed by atoms with Crippen LogP contribution in [0.1, 0.15) is 21.5 Å². The second-order valence-electron chi connectivity index (χ2n) is 4.45. The van der Waals surface area contributed by atoms with Gasteiger partial charge in [0, 0.05) is 15.6 Å². The number of hydrogen-bond acceptors (Lipinski definition) is 3. The van der Waals surface area contributed by atoms with Crippen molar-refractivity contribution in [2.24, 2.45) is 5.10 Å². The summed E-state index contributed by atoms with van der Waals surface area (Å²) in [5, 5.41) is 3.96. The van der Waals surface area contributed by atoms with Crippen molar-refractivity contribution in [3.63, 3.8) is 0 Å². The first kappa shape index (κ1) is 15.3. The Morgan fingerprint density at radius 3 is 2.62 bits per heavy atom. The summed E-state index contributed by atoms with van der Waals surface area (Å²) in [6.45, 7) is 1.97. The summed E-state index contributed by atoms with van der Waals surface area (Å²) in [7, 11) is 1.59. The number of carbonyl (C=O) groups is 1. The standard InChI is InChI=1S/C16H15BrN2O2/c1-11-3-5-12(6-4-11)16(20)19-18-10-13-9-14(17)7-8-15(13)21-2/h3-10H,1-2H3,(H,19,20). The predicted octanol–water partition coefficient (Wildman–Crippen LogP) is 3.53. The number of amides is 1. The van der Waals surface area contributed by atoms with Crippen LogP contribution in [0, 0.1) is 6.92 Å². The summed E-state index contributed by atoms with van der Waals surface area (Å²) in [5.41, 5.74) is 4.95. The first-order valence-electron chi connectivity index (χ1n) is 6.34. The third kappa shape index (κ3) is 4.16. The highest BCUT2D eigenvalue weighted by Crippen LogP contribution is 2.21. The molecule has 2 aromatic rings. The molecular weight excluding hydrogens is 332 g/mol. The van der Waals surface area contributed by atoms with Crippen molar-refractivity contribution >= 4 is 28.1 Å². The van der Waals surface area contributed by atoms with E-state index in [1.165, 1.54) is 0 Å². The topological polar surface area (TPSA) is 50.7 Å².